The van der Waals surface area contributed by atoms with E-state index < -0.39 is 18.1 Å². The van der Waals surface area contributed by atoms with E-state index in [0.717, 1.165) is 27.9 Å². The van der Waals surface area contributed by atoms with Gasteiger partial charge >= 0.3 is 12.1 Å². The van der Waals surface area contributed by atoms with E-state index in [1.54, 1.807) is 0 Å². The monoisotopic (exact) mass is 470 g/mol. The van der Waals surface area contributed by atoms with Crippen LogP contribution in [0.4, 0.5) is 18.9 Å². The number of fused-ring (bicyclic) bond motifs is 5. The molecular weight excluding hydrogens is 445 g/mol. The van der Waals surface area contributed by atoms with Gasteiger partial charge in [-0.25, -0.2) is 0 Å². The molecule has 1 fully saturated rings. The summed E-state index contributed by atoms with van der Waals surface area (Å²) in [4.78, 5) is 15.4. The molecule has 34 heavy (non-hydrogen) atoms. The van der Waals surface area contributed by atoms with Gasteiger partial charge in [-0.2, -0.15) is 18.0 Å². The predicted molar refractivity (Wildman–Crippen MR) is 120 cm³/mol. The number of nitrogens with zero attached hydrogens (tertiary/aromatic N) is 5. The van der Waals surface area contributed by atoms with Crippen LogP contribution in [-0.4, -0.2) is 44.9 Å². The first-order valence-corrected chi connectivity index (χ1v) is 11.4. The van der Waals surface area contributed by atoms with E-state index in [9.17, 15) is 18.0 Å². The fourth-order valence-corrected chi connectivity index (χ4v) is 5.12. The summed E-state index contributed by atoms with van der Waals surface area (Å²) in [6.07, 6.45) is -4.05. The van der Waals surface area contributed by atoms with Crippen molar-refractivity contribution in [3.05, 3.63) is 59.2 Å². The number of aromatic nitrogens is 4. The number of rotatable bonds is 3. The number of benzene rings is 2. The lowest BCUT2D eigenvalue weighted by atomic mass is 9.86. The molecule has 178 valence electrons. The third kappa shape index (κ3) is 3.91. The van der Waals surface area contributed by atoms with Gasteiger partial charge in [-0.05, 0) is 59.9 Å². The lowest BCUT2D eigenvalue weighted by Crippen LogP contribution is -2.49. The highest BCUT2D eigenvalue weighted by atomic mass is 19.4. The number of hydrogen-bond donors (Lipinski definition) is 1. The lowest BCUT2D eigenvalue weighted by Gasteiger charge is -2.41. The highest BCUT2D eigenvalue weighted by molar-refractivity contribution is 5.82. The molecule has 2 aliphatic rings. The second-order valence-corrected chi connectivity index (χ2v) is 8.83. The van der Waals surface area contributed by atoms with E-state index in [-0.39, 0.29) is 12.0 Å². The Morgan fingerprint density at radius 2 is 1.91 bits per heavy atom. The minimum atomic E-state index is -4.89. The molecule has 3 aromatic rings. The Kier molecular flexibility index (Phi) is 5.53. The van der Waals surface area contributed by atoms with Gasteiger partial charge in [0, 0.05) is 29.8 Å². The van der Waals surface area contributed by atoms with Gasteiger partial charge in [0.05, 0.1) is 12.6 Å². The van der Waals surface area contributed by atoms with Crippen molar-refractivity contribution in [3.8, 4) is 11.4 Å². The van der Waals surface area contributed by atoms with Crippen molar-refractivity contribution in [2.24, 2.45) is 0 Å². The molecule has 0 bridgehead atoms. The number of piperidine rings is 1. The fraction of sp³-hybridized carbons (Fsp3) is 0.417. The van der Waals surface area contributed by atoms with Crippen LogP contribution < -0.4 is 10.2 Å². The maximum Gasteiger partial charge on any atom is 0.471 e. The predicted octanol–water partition coefficient (Wildman–Crippen LogP) is 4.21. The Morgan fingerprint density at radius 3 is 2.62 bits per heavy atom. The molecule has 1 aromatic heterocycles. The molecule has 2 aromatic carbocycles. The third-order valence-corrected chi connectivity index (χ3v) is 6.81. The van der Waals surface area contributed by atoms with Gasteiger partial charge in [0.25, 0.3) is 0 Å². The van der Waals surface area contributed by atoms with Gasteiger partial charge in [0.15, 0.2) is 0 Å². The van der Waals surface area contributed by atoms with Crippen molar-refractivity contribution in [2.45, 2.75) is 57.4 Å². The standard InChI is InChI=1S/C24H25F3N6O/c1-3-33-30-22(29-31-33)15-8-9-20-19(12-15)14(2)17-6-4-5-7-18(17)21-13-16(10-11-32(20)21)28-23(34)24(25,26)27/h4-9,12,14,16,21H,3,10-11,13H2,1-2H3,(H,28,34)/t14-,16-,21-/m1/s1. The molecule has 1 amide bonds. The first-order chi connectivity index (χ1) is 16.3. The molecule has 10 heteroatoms. The second-order valence-electron chi connectivity index (χ2n) is 8.83. The van der Waals surface area contributed by atoms with Gasteiger partial charge in [-0.1, -0.05) is 31.2 Å². The van der Waals surface area contributed by atoms with Gasteiger partial charge in [0.2, 0.25) is 5.82 Å². The van der Waals surface area contributed by atoms with E-state index in [4.69, 9.17) is 0 Å². The molecule has 0 radical (unpaired) electrons. The Morgan fingerprint density at radius 1 is 1.15 bits per heavy atom. The molecule has 5 rings (SSSR count). The second kappa shape index (κ2) is 8.41. The third-order valence-electron chi connectivity index (χ3n) is 6.81. The number of anilines is 1. The van der Waals surface area contributed by atoms with Crippen LogP contribution in [-0.2, 0) is 11.3 Å². The molecule has 0 unspecified atom stereocenters. The summed E-state index contributed by atoms with van der Waals surface area (Å²) in [5, 5.41) is 14.9. The average molecular weight is 470 g/mol. The zero-order chi connectivity index (χ0) is 24.0. The first kappa shape index (κ1) is 22.4. The topological polar surface area (TPSA) is 75.9 Å². The van der Waals surface area contributed by atoms with Crippen LogP contribution in [0, 0.1) is 0 Å². The van der Waals surface area contributed by atoms with Crippen molar-refractivity contribution in [3.63, 3.8) is 0 Å². The zero-order valence-corrected chi connectivity index (χ0v) is 18.9. The first-order valence-electron chi connectivity index (χ1n) is 11.4. The van der Waals surface area contributed by atoms with Crippen molar-refractivity contribution in [1.82, 2.24) is 25.5 Å². The molecule has 0 spiro atoms. The quantitative estimate of drug-likeness (QED) is 0.621. The van der Waals surface area contributed by atoms with E-state index in [0.29, 0.717) is 31.8 Å². The number of halogens is 3. The molecule has 1 N–H and O–H groups in total. The summed E-state index contributed by atoms with van der Waals surface area (Å²) in [6.45, 7) is 5.25. The molecule has 2 aliphatic heterocycles. The number of carbonyl (C=O) groups excluding carboxylic acids is 1. The van der Waals surface area contributed by atoms with Crippen LogP contribution in [0.1, 0.15) is 55.3 Å². The maximum atomic E-state index is 12.9. The van der Waals surface area contributed by atoms with Gasteiger partial charge < -0.3 is 10.2 Å². The summed E-state index contributed by atoms with van der Waals surface area (Å²) in [5.41, 5.74) is 5.22. The van der Waals surface area contributed by atoms with Crippen LogP contribution in [0.15, 0.2) is 42.5 Å². The van der Waals surface area contributed by atoms with Crippen LogP contribution >= 0.6 is 0 Å². The van der Waals surface area contributed by atoms with Crippen molar-refractivity contribution < 1.29 is 18.0 Å². The summed E-state index contributed by atoms with van der Waals surface area (Å²) in [7, 11) is 0. The minimum Gasteiger partial charge on any atom is -0.364 e. The van der Waals surface area contributed by atoms with E-state index in [1.807, 2.05) is 37.3 Å². The summed E-state index contributed by atoms with van der Waals surface area (Å²) >= 11 is 0. The Hall–Kier alpha value is -3.43. The SMILES string of the molecule is CCn1nnc(-c2ccc3c(c2)[C@H](C)c2ccccc2[C@H]2C[C@H](NC(=O)C(F)(F)F)CCN32)n1. The fourth-order valence-electron chi connectivity index (χ4n) is 5.12. The number of nitrogens with one attached hydrogen (secondary N) is 1. The number of amides is 1. The normalized spacial score (nSPS) is 21.8. The Balaban J connectivity index is 1.54. The molecule has 3 heterocycles. The number of hydrogen-bond acceptors (Lipinski definition) is 5. The number of alkyl halides is 3. The summed E-state index contributed by atoms with van der Waals surface area (Å²) < 4.78 is 38.6. The number of aryl methyl sites for hydroxylation is 1. The number of tetrazole rings is 1. The highest BCUT2D eigenvalue weighted by Gasteiger charge is 2.42. The molecule has 0 aliphatic carbocycles. The smallest absolute Gasteiger partial charge is 0.364 e. The summed E-state index contributed by atoms with van der Waals surface area (Å²) in [6, 6.07) is 13.5. The van der Waals surface area contributed by atoms with Gasteiger partial charge in [-0.15, -0.1) is 10.2 Å². The van der Waals surface area contributed by atoms with Crippen LogP contribution in [0.3, 0.4) is 0 Å². The van der Waals surface area contributed by atoms with Crippen molar-refractivity contribution in [1.29, 1.82) is 0 Å². The van der Waals surface area contributed by atoms with Gasteiger partial charge in [0.1, 0.15) is 0 Å². The van der Waals surface area contributed by atoms with Crippen LogP contribution in [0.2, 0.25) is 0 Å². The molecule has 1 saturated heterocycles. The Labute approximate surface area is 194 Å². The van der Waals surface area contributed by atoms with Crippen molar-refractivity contribution in [2.75, 3.05) is 11.4 Å². The van der Waals surface area contributed by atoms with E-state index in [2.05, 4.69) is 44.7 Å². The molecular formula is C24H25F3N6O. The number of carbonyl (C=O) groups is 1. The van der Waals surface area contributed by atoms with Crippen LogP contribution in [0.5, 0.6) is 0 Å². The zero-order valence-electron chi connectivity index (χ0n) is 18.9. The summed E-state index contributed by atoms with van der Waals surface area (Å²) in [5.74, 6) is -1.26. The molecule has 0 saturated carbocycles. The largest absolute Gasteiger partial charge is 0.471 e. The molecule has 7 nitrogen and oxygen atoms in total. The van der Waals surface area contributed by atoms with Gasteiger partial charge in [-0.3, -0.25) is 4.79 Å². The molecule has 3 atom stereocenters. The van der Waals surface area contributed by atoms with E-state index >= 15 is 0 Å². The average Bonchev–Trinajstić information content (AvgIpc) is 3.29. The Bertz CT molecular complexity index is 1220. The lowest BCUT2D eigenvalue weighted by molar-refractivity contribution is -0.174. The van der Waals surface area contributed by atoms with E-state index in [1.165, 1.54) is 4.80 Å². The minimum absolute atomic E-state index is 0.0567. The van der Waals surface area contributed by atoms with Crippen molar-refractivity contribution >= 4 is 11.6 Å². The van der Waals surface area contributed by atoms with Crippen LogP contribution in [0.25, 0.3) is 11.4 Å². The maximum absolute atomic E-state index is 12.9. The highest BCUT2D eigenvalue weighted by Crippen LogP contribution is 2.47.